The van der Waals surface area contributed by atoms with Crippen LogP contribution in [0.25, 0.3) is 0 Å². The Balaban J connectivity index is 0.00000312. The molecule has 25 heavy (non-hydrogen) atoms. The molecular weight excluding hydrogens is 427 g/mol. The number of guanidine groups is 1. The molecule has 1 saturated carbocycles. The van der Waals surface area contributed by atoms with Crippen LogP contribution >= 0.6 is 24.0 Å². The molecule has 0 amide bonds. The van der Waals surface area contributed by atoms with Gasteiger partial charge in [-0.25, -0.2) is 0 Å². The van der Waals surface area contributed by atoms with Crippen LogP contribution in [0, 0.1) is 11.8 Å². The monoisotopic (exact) mass is 466 g/mol. The topological polar surface area (TPSA) is 59.9 Å². The first-order valence-electron chi connectivity index (χ1n) is 10.0. The summed E-state index contributed by atoms with van der Waals surface area (Å²) in [6.07, 6.45) is 6.72. The summed E-state index contributed by atoms with van der Waals surface area (Å²) in [5, 5.41) is 16.6. The van der Waals surface area contributed by atoms with E-state index in [2.05, 4.69) is 36.3 Å². The third kappa shape index (κ3) is 8.91. The van der Waals surface area contributed by atoms with Gasteiger partial charge in [0, 0.05) is 32.2 Å². The van der Waals surface area contributed by atoms with Gasteiger partial charge in [0.1, 0.15) is 0 Å². The number of piperidine rings is 1. The summed E-state index contributed by atoms with van der Waals surface area (Å²) in [6, 6.07) is 0.560. The van der Waals surface area contributed by atoms with Crippen LogP contribution in [0.1, 0.15) is 59.3 Å². The Labute approximate surface area is 171 Å². The molecule has 1 saturated heterocycles. The van der Waals surface area contributed by atoms with Crippen LogP contribution in [0.5, 0.6) is 0 Å². The highest BCUT2D eigenvalue weighted by Gasteiger charge is 2.24. The minimum absolute atomic E-state index is 0. The molecule has 2 atom stereocenters. The molecule has 0 radical (unpaired) electrons. The molecule has 1 aliphatic carbocycles. The average Bonchev–Trinajstić information content (AvgIpc) is 2.52. The fraction of sp³-hybridized carbons (Fsp3) is 0.947. The van der Waals surface area contributed by atoms with Gasteiger partial charge in [0.05, 0.1) is 6.10 Å². The van der Waals surface area contributed by atoms with Gasteiger partial charge < -0.3 is 20.6 Å². The molecule has 0 aromatic rings. The van der Waals surface area contributed by atoms with Gasteiger partial charge >= 0.3 is 0 Å². The van der Waals surface area contributed by atoms with E-state index in [0.717, 1.165) is 69.8 Å². The van der Waals surface area contributed by atoms with Crippen molar-refractivity contribution in [2.24, 2.45) is 16.8 Å². The molecule has 2 fully saturated rings. The Kier molecular flexibility index (Phi) is 11.3. The van der Waals surface area contributed by atoms with Gasteiger partial charge in [0.15, 0.2) is 5.96 Å². The quantitative estimate of drug-likeness (QED) is 0.244. The average molecular weight is 466 g/mol. The van der Waals surface area contributed by atoms with E-state index in [0.29, 0.717) is 6.04 Å². The zero-order valence-corrected chi connectivity index (χ0v) is 18.7. The minimum Gasteiger partial charge on any atom is -0.393 e. The highest BCUT2D eigenvalue weighted by atomic mass is 127. The molecule has 1 aliphatic heterocycles. The molecular formula is C19H39IN4O. The van der Waals surface area contributed by atoms with E-state index in [1.165, 1.54) is 19.3 Å². The Bertz CT molecular complexity index is 376. The Morgan fingerprint density at radius 2 is 1.76 bits per heavy atom. The first-order valence-corrected chi connectivity index (χ1v) is 10.0. The Morgan fingerprint density at radius 3 is 2.36 bits per heavy atom. The van der Waals surface area contributed by atoms with Crippen LogP contribution in [0.2, 0.25) is 0 Å². The fourth-order valence-electron chi connectivity index (χ4n) is 4.21. The van der Waals surface area contributed by atoms with Gasteiger partial charge in [-0.1, -0.05) is 13.8 Å². The van der Waals surface area contributed by atoms with Crippen molar-refractivity contribution in [3.8, 4) is 0 Å². The molecule has 2 aliphatic rings. The lowest BCUT2D eigenvalue weighted by Crippen LogP contribution is -2.46. The van der Waals surface area contributed by atoms with Crippen LogP contribution in [-0.4, -0.2) is 60.8 Å². The van der Waals surface area contributed by atoms with E-state index < -0.39 is 0 Å². The van der Waals surface area contributed by atoms with E-state index in [1.54, 1.807) is 0 Å². The summed E-state index contributed by atoms with van der Waals surface area (Å²) in [4.78, 5) is 7.23. The molecule has 0 bridgehead atoms. The first-order chi connectivity index (χ1) is 11.6. The number of nitrogens with one attached hydrogen (secondary N) is 2. The number of likely N-dealkylation sites (tertiary alicyclic amines) is 1. The molecule has 0 spiro atoms. The zero-order chi connectivity index (χ0) is 17.4. The van der Waals surface area contributed by atoms with Gasteiger partial charge in [-0.3, -0.25) is 4.99 Å². The highest BCUT2D eigenvalue weighted by Crippen LogP contribution is 2.28. The van der Waals surface area contributed by atoms with Crippen molar-refractivity contribution in [3.05, 3.63) is 0 Å². The van der Waals surface area contributed by atoms with Crippen LogP contribution < -0.4 is 10.6 Å². The van der Waals surface area contributed by atoms with Crippen molar-refractivity contribution in [1.82, 2.24) is 15.5 Å². The second kappa shape index (κ2) is 12.3. The lowest BCUT2D eigenvalue weighted by molar-refractivity contribution is 0.0824. The summed E-state index contributed by atoms with van der Waals surface area (Å²) in [6.45, 7) is 11.8. The largest absolute Gasteiger partial charge is 0.393 e. The SMILES string of the molecule is CCNC(=NCCCN1CCC(O)CC1)NC1CC(C)CC(C)C1.I. The van der Waals surface area contributed by atoms with Gasteiger partial charge in [0.25, 0.3) is 0 Å². The number of hydrogen-bond donors (Lipinski definition) is 3. The molecule has 6 heteroatoms. The molecule has 0 aromatic heterocycles. The number of aliphatic imine (C=N–C) groups is 1. The number of rotatable bonds is 6. The molecule has 3 N–H and O–H groups in total. The van der Waals surface area contributed by atoms with Crippen molar-refractivity contribution in [3.63, 3.8) is 0 Å². The first kappa shape index (κ1) is 23.0. The number of nitrogens with zero attached hydrogens (tertiary/aromatic N) is 2. The van der Waals surface area contributed by atoms with Crippen LogP contribution in [0.4, 0.5) is 0 Å². The van der Waals surface area contributed by atoms with Gasteiger partial charge in [-0.15, -0.1) is 24.0 Å². The van der Waals surface area contributed by atoms with Crippen molar-refractivity contribution < 1.29 is 5.11 Å². The van der Waals surface area contributed by atoms with Gasteiger partial charge in [0.2, 0.25) is 0 Å². The maximum absolute atomic E-state index is 9.56. The third-order valence-electron chi connectivity index (χ3n) is 5.32. The molecule has 2 rings (SSSR count). The number of halogens is 1. The summed E-state index contributed by atoms with van der Waals surface area (Å²) < 4.78 is 0. The maximum atomic E-state index is 9.56. The van der Waals surface area contributed by atoms with Crippen LogP contribution in [0.15, 0.2) is 4.99 Å². The van der Waals surface area contributed by atoms with E-state index in [1.807, 2.05) is 0 Å². The minimum atomic E-state index is -0.0795. The van der Waals surface area contributed by atoms with Gasteiger partial charge in [-0.2, -0.15) is 0 Å². The predicted octanol–water partition coefficient (Wildman–Crippen LogP) is 2.83. The second-order valence-electron chi connectivity index (χ2n) is 7.95. The summed E-state index contributed by atoms with van der Waals surface area (Å²) in [5.74, 6) is 2.60. The van der Waals surface area contributed by atoms with Crippen molar-refractivity contribution >= 4 is 29.9 Å². The van der Waals surface area contributed by atoms with Crippen molar-refractivity contribution in [2.75, 3.05) is 32.7 Å². The standard InChI is InChI=1S/C19H38N4O.HI/c1-4-20-19(22-17-13-15(2)12-16(3)14-17)21-8-5-9-23-10-6-18(24)7-11-23;/h15-18,24H,4-14H2,1-3H3,(H2,20,21,22);1H. The van der Waals surface area contributed by atoms with Crippen molar-refractivity contribution in [1.29, 1.82) is 0 Å². The zero-order valence-electron chi connectivity index (χ0n) is 16.3. The van der Waals surface area contributed by atoms with Crippen molar-refractivity contribution in [2.45, 2.75) is 71.4 Å². The van der Waals surface area contributed by atoms with Crippen LogP contribution in [0.3, 0.4) is 0 Å². The molecule has 1 heterocycles. The maximum Gasteiger partial charge on any atom is 0.191 e. The normalized spacial score (nSPS) is 29.1. The Morgan fingerprint density at radius 1 is 1.12 bits per heavy atom. The lowest BCUT2D eigenvalue weighted by Gasteiger charge is -2.33. The molecule has 0 aromatic carbocycles. The highest BCUT2D eigenvalue weighted by molar-refractivity contribution is 14.0. The van der Waals surface area contributed by atoms with E-state index >= 15 is 0 Å². The molecule has 5 nitrogen and oxygen atoms in total. The Hall–Kier alpha value is -0.0800. The number of aliphatic hydroxyl groups is 1. The summed E-state index contributed by atoms with van der Waals surface area (Å²) >= 11 is 0. The third-order valence-corrected chi connectivity index (χ3v) is 5.32. The smallest absolute Gasteiger partial charge is 0.191 e. The summed E-state index contributed by atoms with van der Waals surface area (Å²) in [5.41, 5.74) is 0. The van der Waals surface area contributed by atoms with E-state index in [9.17, 15) is 5.11 Å². The van der Waals surface area contributed by atoms with E-state index in [-0.39, 0.29) is 30.1 Å². The molecule has 148 valence electrons. The molecule has 2 unspecified atom stereocenters. The predicted molar refractivity (Wildman–Crippen MR) is 117 cm³/mol. The van der Waals surface area contributed by atoms with Crippen LogP contribution in [-0.2, 0) is 0 Å². The lowest BCUT2D eigenvalue weighted by atomic mass is 9.80. The number of aliphatic hydroxyl groups excluding tert-OH is 1. The van der Waals surface area contributed by atoms with Gasteiger partial charge in [-0.05, 0) is 63.8 Å². The number of hydrogen-bond acceptors (Lipinski definition) is 3. The summed E-state index contributed by atoms with van der Waals surface area (Å²) in [7, 11) is 0. The second-order valence-corrected chi connectivity index (χ2v) is 7.95. The van der Waals surface area contributed by atoms with E-state index in [4.69, 9.17) is 4.99 Å². The fourth-order valence-corrected chi connectivity index (χ4v) is 4.21.